The Kier molecular flexibility index (Phi) is 8.92. The molecule has 33 heavy (non-hydrogen) atoms. The molecular weight excluding hydrogens is 454 g/mol. The summed E-state index contributed by atoms with van der Waals surface area (Å²) in [5, 5.41) is 30.2. The quantitative estimate of drug-likeness (QED) is 0.294. The molecular formula is C25H29N3O3S2. The molecule has 1 heterocycles. The molecule has 0 saturated heterocycles. The summed E-state index contributed by atoms with van der Waals surface area (Å²) in [4.78, 5) is 4.35. The first-order valence-electron chi connectivity index (χ1n) is 10.9. The molecule has 0 aliphatic carbocycles. The molecule has 6 nitrogen and oxygen atoms in total. The Labute approximate surface area is 202 Å². The van der Waals surface area contributed by atoms with E-state index in [2.05, 4.69) is 59.9 Å². The van der Waals surface area contributed by atoms with Crippen molar-refractivity contribution in [2.24, 2.45) is 0 Å². The average molecular weight is 484 g/mol. The van der Waals surface area contributed by atoms with Crippen molar-refractivity contribution in [1.29, 1.82) is 5.26 Å². The van der Waals surface area contributed by atoms with E-state index in [-0.39, 0.29) is 11.4 Å². The average Bonchev–Trinajstić information content (AvgIpc) is 3.33. The summed E-state index contributed by atoms with van der Waals surface area (Å²) in [6, 6.07) is 18.9. The van der Waals surface area contributed by atoms with Gasteiger partial charge < -0.3 is 19.7 Å². The summed E-state index contributed by atoms with van der Waals surface area (Å²) in [7, 11) is 0. The monoisotopic (exact) mass is 483 g/mol. The van der Waals surface area contributed by atoms with Gasteiger partial charge in [-0.25, -0.2) is 0 Å². The normalized spacial score (nSPS) is 14.0. The highest BCUT2D eigenvalue weighted by molar-refractivity contribution is 7.93. The number of thiophene rings is 1. The molecule has 174 valence electrons. The number of allylic oxidation sites excluding steroid dienone is 2. The minimum atomic E-state index is -1.77. The van der Waals surface area contributed by atoms with Crippen LogP contribution in [0.15, 0.2) is 53.4 Å². The number of fused-ring (bicyclic) bond motifs is 1. The largest absolute Gasteiger partial charge is 0.592 e. The third-order valence-electron chi connectivity index (χ3n) is 5.50. The third-order valence-corrected chi connectivity index (χ3v) is 7.95. The fourth-order valence-corrected chi connectivity index (χ4v) is 5.58. The summed E-state index contributed by atoms with van der Waals surface area (Å²) in [5.74, 6) is 0. The van der Waals surface area contributed by atoms with E-state index in [1.165, 1.54) is 22.4 Å². The second-order valence-corrected chi connectivity index (χ2v) is 9.92. The molecule has 0 aliphatic heterocycles. The summed E-state index contributed by atoms with van der Waals surface area (Å²) < 4.78 is 15.1. The maximum atomic E-state index is 12.5. The molecule has 8 heteroatoms. The van der Waals surface area contributed by atoms with Crippen LogP contribution in [0.5, 0.6) is 0 Å². The number of rotatable bonds is 10. The number of nitriles is 1. The minimum absolute atomic E-state index is 0.0651. The zero-order valence-electron chi connectivity index (χ0n) is 19.0. The van der Waals surface area contributed by atoms with Gasteiger partial charge in [-0.05, 0) is 67.4 Å². The van der Waals surface area contributed by atoms with Crippen molar-refractivity contribution in [3.05, 3.63) is 58.3 Å². The number of aliphatic hydroxyl groups is 2. The van der Waals surface area contributed by atoms with E-state index in [1.54, 1.807) is 6.92 Å². The van der Waals surface area contributed by atoms with Crippen molar-refractivity contribution in [3.8, 4) is 16.5 Å². The molecule has 0 spiro atoms. The highest BCUT2D eigenvalue weighted by Gasteiger charge is 2.21. The number of nitrogens with zero attached hydrogens (tertiary/aromatic N) is 2. The number of hydrogen-bond acceptors (Lipinski definition) is 7. The second-order valence-electron chi connectivity index (χ2n) is 7.60. The van der Waals surface area contributed by atoms with Crippen LogP contribution in [0.4, 0.5) is 5.69 Å². The van der Waals surface area contributed by atoms with Gasteiger partial charge in [0.1, 0.15) is 0 Å². The first-order valence-corrected chi connectivity index (χ1v) is 12.8. The van der Waals surface area contributed by atoms with Gasteiger partial charge in [0, 0.05) is 34.1 Å². The number of benzene rings is 2. The summed E-state index contributed by atoms with van der Waals surface area (Å²) in [5.41, 5.74) is 2.94. The van der Waals surface area contributed by atoms with E-state index in [4.69, 9.17) is 5.11 Å². The van der Waals surface area contributed by atoms with Crippen LogP contribution in [-0.4, -0.2) is 47.1 Å². The van der Waals surface area contributed by atoms with E-state index in [0.717, 1.165) is 33.8 Å². The van der Waals surface area contributed by atoms with Crippen molar-refractivity contribution >= 4 is 44.7 Å². The van der Waals surface area contributed by atoms with Gasteiger partial charge in [0.25, 0.3) is 4.91 Å². The van der Waals surface area contributed by atoms with Crippen molar-refractivity contribution in [2.75, 3.05) is 31.1 Å². The molecule has 2 atom stereocenters. The second kappa shape index (κ2) is 11.7. The van der Waals surface area contributed by atoms with Crippen LogP contribution in [0.3, 0.4) is 0 Å². The van der Waals surface area contributed by atoms with E-state index < -0.39 is 24.1 Å². The molecule has 0 radical (unpaired) electrons. The Balaban J connectivity index is 1.85. The SMILES string of the molecule is CCN(CC)c1ccc2cc(-c3ccc(/C(C)=C(\C#N)[S+]([O-])NCC(O)CO)s3)ccc2c1. The standard InChI is InChI=1S/C25H29N3O3S2/c1-4-28(5-2)21-9-8-18-12-20(7-6-19(18)13-21)24-11-10-23(32-24)17(3)25(14-26)33(31)27-15-22(30)16-29/h6-13,22,27,29-30H,4-5,15-16H2,1-3H3/b25-17+. The van der Waals surface area contributed by atoms with Crippen LogP contribution in [0.25, 0.3) is 26.8 Å². The molecule has 3 N–H and O–H groups in total. The Morgan fingerprint density at radius 2 is 1.85 bits per heavy atom. The third kappa shape index (κ3) is 5.95. The minimum Gasteiger partial charge on any atom is -0.592 e. The molecule has 2 aromatic carbocycles. The zero-order chi connectivity index (χ0) is 24.0. The van der Waals surface area contributed by atoms with E-state index >= 15 is 0 Å². The van der Waals surface area contributed by atoms with Crippen molar-refractivity contribution in [1.82, 2.24) is 4.72 Å². The topological polar surface area (TPSA) is 103 Å². The van der Waals surface area contributed by atoms with Crippen LogP contribution in [0.1, 0.15) is 25.6 Å². The Hall–Kier alpha value is -2.38. The lowest BCUT2D eigenvalue weighted by molar-refractivity contribution is 0.0989. The van der Waals surface area contributed by atoms with Gasteiger partial charge in [-0.3, -0.25) is 0 Å². The smallest absolute Gasteiger partial charge is 0.254 e. The Bertz CT molecular complexity index is 1170. The highest BCUT2D eigenvalue weighted by atomic mass is 32.2. The fourth-order valence-electron chi connectivity index (χ4n) is 3.55. The van der Waals surface area contributed by atoms with Crippen molar-refractivity contribution in [3.63, 3.8) is 0 Å². The molecule has 0 bridgehead atoms. The van der Waals surface area contributed by atoms with Crippen LogP contribution in [0.2, 0.25) is 0 Å². The van der Waals surface area contributed by atoms with Gasteiger partial charge >= 0.3 is 0 Å². The Morgan fingerprint density at radius 3 is 2.52 bits per heavy atom. The van der Waals surface area contributed by atoms with Crippen LogP contribution >= 0.6 is 11.3 Å². The van der Waals surface area contributed by atoms with Crippen LogP contribution in [0, 0.1) is 11.3 Å². The first-order chi connectivity index (χ1) is 15.9. The number of anilines is 1. The predicted molar refractivity (Wildman–Crippen MR) is 138 cm³/mol. The predicted octanol–water partition coefficient (Wildman–Crippen LogP) is 4.28. The molecule has 0 aliphatic rings. The molecule has 0 fully saturated rings. The fraction of sp³-hybridized carbons (Fsp3) is 0.320. The lowest BCUT2D eigenvalue weighted by Gasteiger charge is -2.21. The van der Waals surface area contributed by atoms with E-state index in [9.17, 15) is 14.9 Å². The van der Waals surface area contributed by atoms with Gasteiger partial charge in [0.2, 0.25) is 0 Å². The van der Waals surface area contributed by atoms with Gasteiger partial charge in [0.15, 0.2) is 6.07 Å². The van der Waals surface area contributed by atoms with Gasteiger partial charge in [-0.15, -0.1) is 16.1 Å². The maximum Gasteiger partial charge on any atom is 0.254 e. The lowest BCUT2D eigenvalue weighted by Crippen LogP contribution is -2.34. The molecule has 0 saturated carbocycles. The molecule has 2 unspecified atom stereocenters. The summed E-state index contributed by atoms with van der Waals surface area (Å²) >= 11 is -0.233. The summed E-state index contributed by atoms with van der Waals surface area (Å²) in [6.07, 6.45) is -1.03. The number of aliphatic hydroxyl groups excluding tert-OH is 2. The van der Waals surface area contributed by atoms with Gasteiger partial charge in [-0.2, -0.15) is 5.26 Å². The van der Waals surface area contributed by atoms with Crippen LogP contribution < -0.4 is 9.62 Å². The van der Waals surface area contributed by atoms with E-state index in [0.29, 0.717) is 5.57 Å². The summed E-state index contributed by atoms with van der Waals surface area (Å²) in [6.45, 7) is 7.52. The van der Waals surface area contributed by atoms with Crippen LogP contribution in [-0.2, 0) is 11.4 Å². The molecule has 0 amide bonds. The van der Waals surface area contributed by atoms with Gasteiger partial charge in [-0.1, -0.05) is 18.2 Å². The highest BCUT2D eigenvalue weighted by Crippen LogP contribution is 2.35. The van der Waals surface area contributed by atoms with Gasteiger partial charge in [0.05, 0.1) is 30.6 Å². The first kappa shape index (κ1) is 25.2. The Morgan fingerprint density at radius 1 is 1.15 bits per heavy atom. The van der Waals surface area contributed by atoms with E-state index in [1.807, 2.05) is 18.2 Å². The van der Waals surface area contributed by atoms with Crippen molar-refractivity contribution < 1.29 is 14.8 Å². The lowest BCUT2D eigenvalue weighted by atomic mass is 10.0. The molecule has 3 rings (SSSR count). The number of hydrogen-bond donors (Lipinski definition) is 3. The zero-order valence-corrected chi connectivity index (χ0v) is 20.7. The van der Waals surface area contributed by atoms with Crippen molar-refractivity contribution in [2.45, 2.75) is 26.9 Å². The molecule has 3 aromatic rings. The molecule has 1 aromatic heterocycles. The maximum absolute atomic E-state index is 12.5. The number of nitrogens with one attached hydrogen (secondary N) is 1.